The molecule has 1 atom stereocenters. The van der Waals surface area contributed by atoms with Crippen molar-refractivity contribution >= 4 is 0 Å². The number of aliphatic hydroxyl groups is 1. The Kier molecular flexibility index (Phi) is 5.03. The molecule has 3 N–H and O–H groups in total. The van der Waals surface area contributed by atoms with Crippen LogP contribution in [-0.2, 0) is 6.54 Å². The zero-order valence-corrected chi connectivity index (χ0v) is 13.5. The van der Waals surface area contributed by atoms with Crippen LogP contribution in [0.15, 0.2) is 54.7 Å². The average molecular weight is 325 g/mol. The Morgan fingerprint density at radius 1 is 1.17 bits per heavy atom. The summed E-state index contributed by atoms with van der Waals surface area (Å²) in [7, 11) is 0. The highest BCUT2D eigenvalue weighted by Gasteiger charge is 2.12. The van der Waals surface area contributed by atoms with Gasteiger partial charge in [0.2, 0.25) is 0 Å². The molecular weight excluding hydrogens is 305 g/mol. The first-order valence-electron chi connectivity index (χ1n) is 7.87. The molecule has 0 aliphatic rings. The molecule has 0 aliphatic heterocycles. The van der Waals surface area contributed by atoms with Gasteiger partial charge in [0.25, 0.3) is 0 Å². The number of halogens is 1. The van der Waals surface area contributed by atoms with Crippen molar-refractivity contribution in [2.24, 2.45) is 0 Å². The zero-order chi connectivity index (χ0) is 16.9. The number of aliphatic hydroxyl groups excluding tert-OH is 1. The molecule has 0 saturated carbocycles. The minimum Gasteiger partial charge on any atom is -0.387 e. The molecule has 5 heteroatoms. The monoisotopic (exact) mass is 325 g/mol. The lowest BCUT2D eigenvalue weighted by Gasteiger charge is -2.13. The van der Waals surface area contributed by atoms with Crippen LogP contribution in [0.2, 0.25) is 0 Å². The van der Waals surface area contributed by atoms with Crippen LogP contribution in [-0.4, -0.2) is 21.8 Å². The third kappa shape index (κ3) is 3.69. The van der Waals surface area contributed by atoms with Gasteiger partial charge in [0.05, 0.1) is 18.0 Å². The van der Waals surface area contributed by atoms with Gasteiger partial charge >= 0.3 is 0 Å². The van der Waals surface area contributed by atoms with Gasteiger partial charge in [0.1, 0.15) is 5.82 Å². The Bertz CT molecular complexity index is 798. The molecule has 24 heavy (non-hydrogen) atoms. The van der Waals surface area contributed by atoms with E-state index >= 15 is 0 Å². The van der Waals surface area contributed by atoms with E-state index in [0.29, 0.717) is 24.3 Å². The molecule has 1 aromatic heterocycles. The van der Waals surface area contributed by atoms with Crippen molar-refractivity contribution in [1.82, 2.24) is 15.5 Å². The van der Waals surface area contributed by atoms with E-state index in [1.54, 1.807) is 24.4 Å². The van der Waals surface area contributed by atoms with Crippen LogP contribution < -0.4 is 5.32 Å². The van der Waals surface area contributed by atoms with E-state index in [9.17, 15) is 9.50 Å². The van der Waals surface area contributed by atoms with E-state index in [2.05, 4.69) is 15.5 Å². The molecule has 0 radical (unpaired) electrons. The summed E-state index contributed by atoms with van der Waals surface area (Å²) in [5, 5.41) is 20.3. The standard InChI is InChI=1S/C19H20FN3O/c1-13-6-8-14(9-7-13)18(24)12-21-10-15-11-22-23-19(15)16-4-2-3-5-17(16)20/h2-9,11,18,21,24H,10,12H2,1H3,(H,22,23). The summed E-state index contributed by atoms with van der Waals surface area (Å²) in [6.45, 7) is 2.91. The highest BCUT2D eigenvalue weighted by atomic mass is 19.1. The maximum atomic E-state index is 13.9. The number of nitrogens with one attached hydrogen (secondary N) is 2. The number of benzene rings is 2. The number of aromatic amines is 1. The molecule has 1 heterocycles. The normalized spacial score (nSPS) is 12.3. The topological polar surface area (TPSA) is 60.9 Å². The molecule has 3 rings (SSSR count). The lowest BCUT2D eigenvalue weighted by molar-refractivity contribution is 0.174. The zero-order valence-electron chi connectivity index (χ0n) is 13.5. The van der Waals surface area contributed by atoms with Gasteiger partial charge < -0.3 is 10.4 Å². The summed E-state index contributed by atoms with van der Waals surface area (Å²) in [5.74, 6) is -0.289. The van der Waals surface area contributed by atoms with Crippen molar-refractivity contribution in [2.75, 3.05) is 6.54 Å². The van der Waals surface area contributed by atoms with Gasteiger partial charge in [0, 0.05) is 24.2 Å². The second-order valence-corrected chi connectivity index (χ2v) is 5.81. The van der Waals surface area contributed by atoms with Crippen LogP contribution in [0.5, 0.6) is 0 Å². The lowest BCUT2D eigenvalue weighted by Crippen LogP contribution is -2.21. The Morgan fingerprint density at radius 2 is 1.92 bits per heavy atom. The van der Waals surface area contributed by atoms with E-state index in [1.807, 2.05) is 31.2 Å². The summed E-state index contributed by atoms with van der Waals surface area (Å²) >= 11 is 0. The average Bonchev–Trinajstić information content (AvgIpc) is 3.04. The smallest absolute Gasteiger partial charge is 0.132 e. The van der Waals surface area contributed by atoms with Gasteiger partial charge in [0.15, 0.2) is 0 Å². The number of rotatable bonds is 6. The number of aromatic nitrogens is 2. The second kappa shape index (κ2) is 7.38. The van der Waals surface area contributed by atoms with Crippen molar-refractivity contribution < 1.29 is 9.50 Å². The fraction of sp³-hybridized carbons (Fsp3) is 0.211. The van der Waals surface area contributed by atoms with Crippen molar-refractivity contribution in [3.8, 4) is 11.3 Å². The Hall–Kier alpha value is -2.50. The van der Waals surface area contributed by atoms with E-state index in [4.69, 9.17) is 0 Å². The molecule has 4 nitrogen and oxygen atoms in total. The maximum absolute atomic E-state index is 13.9. The summed E-state index contributed by atoms with van der Waals surface area (Å²) in [6, 6.07) is 14.4. The molecule has 0 fully saturated rings. The molecule has 3 aromatic rings. The predicted octanol–water partition coefficient (Wildman–Crippen LogP) is 3.35. The Balaban J connectivity index is 1.63. The van der Waals surface area contributed by atoms with E-state index < -0.39 is 6.10 Å². The number of H-pyrrole nitrogens is 1. The molecule has 0 bridgehead atoms. The largest absolute Gasteiger partial charge is 0.387 e. The number of nitrogens with zero attached hydrogens (tertiary/aromatic N) is 1. The Labute approximate surface area is 140 Å². The van der Waals surface area contributed by atoms with E-state index in [1.165, 1.54) is 6.07 Å². The van der Waals surface area contributed by atoms with Crippen molar-refractivity contribution in [1.29, 1.82) is 0 Å². The molecule has 0 amide bonds. The van der Waals surface area contributed by atoms with Crippen LogP contribution in [0.1, 0.15) is 22.8 Å². The first-order chi connectivity index (χ1) is 11.6. The molecule has 124 valence electrons. The summed E-state index contributed by atoms with van der Waals surface area (Å²) in [5.41, 5.74) is 4.04. The van der Waals surface area contributed by atoms with Crippen molar-refractivity contribution in [3.05, 3.63) is 77.2 Å². The number of hydrogen-bond acceptors (Lipinski definition) is 3. The minimum absolute atomic E-state index is 0.289. The van der Waals surface area contributed by atoms with Gasteiger partial charge in [-0.3, -0.25) is 5.10 Å². The SMILES string of the molecule is Cc1ccc(C(O)CNCc2cn[nH]c2-c2ccccc2F)cc1. The quantitative estimate of drug-likeness (QED) is 0.651. The Morgan fingerprint density at radius 3 is 2.67 bits per heavy atom. The highest BCUT2D eigenvalue weighted by Crippen LogP contribution is 2.23. The number of aryl methyl sites for hydroxylation is 1. The maximum Gasteiger partial charge on any atom is 0.132 e. The third-order valence-electron chi connectivity index (χ3n) is 3.98. The van der Waals surface area contributed by atoms with Gasteiger partial charge in [-0.25, -0.2) is 4.39 Å². The fourth-order valence-electron chi connectivity index (χ4n) is 2.59. The van der Waals surface area contributed by atoms with Crippen LogP contribution in [0.4, 0.5) is 4.39 Å². The summed E-state index contributed by atoms with van der Waals surface area (Å²) in [4.78, 5) is 0. The molecule has 0 aliphatic carbocycles. The first-order valence-corrected chi connectivity index (χ1v) is 7.87. The molecule has 1 unspecified atom stereocenters. The van der Waals surface area contributed by atoms with Gasteiger partial charge in [-0.2, -0.15) is 5.10 Å². The lowest BCUT2D eigenvalue weighted by atomic mass is 10.1. The second-order valence-electron chi connectivity index (χ2n) is 5.81. The minimum atomic E-state index is -0.589. The molecule has 0 spiro atoms. The molecule has 2 aromatic carbocycles. The molecule has 0 saturated heterocycles. The van der Waals surface area contributed by atoms with Crippen LogP contribution >= 0.6 is 0 Å². The predicted molar refractivity (Wildman–Crippen MR) is 91.8 cm³/mol. The van der Waals surface area contributed by atoms with Crippen molar-refractivity contribution in [3.63, 3.8) is 0 Å². The summed E-state index contributed by atoms with van der Waals surface area (Å²) in [6.07, 6.45) is 1.09. The number of hydrogen-bond donors (Lipinski definition) is 3. The van der Waals surface area contributed by atoms with Crippen LogP contribution in [0, 0.1) is 12.7 Å². The van der Waals surface area contributed by atoms with Crippen LogP contribution in [0.3, 0.4) is 0 Å². The van der Waals surface area contributed by atoms with Gasteiger partial charge in [-0.15, -0.1) is 0 Å². The van der Waals surface area contributed by atoms with Gasteiger partial charge in [-0.1, -0.05) is 42.0 Å². The fourth-order valence-corrected chi connectivity index (χ4v) is 2.59. The third-order valence-corrected chi connectivity index (χ3v) is 3.98. The van der Waals surface area contributed by atoms with E-state index in [0.717, 1.165) is 16.7 Å². The first kappa shape index (κ1) is 16.4. The molecular formula is C19H20FN3O. The van der Waals surface area contributed by atoms with E-state index in [-0.39, 0.29) is 5.82 Å². The van der Waals surface area contributed by atoms with Crippen LogP contribution in [0.25, 0.3) is 11.3 Å². The highest BCUT2D eigenvalue weighted by molar-refractivity contribution is 5.63. The van der Waals surface area contributed by atoms with Gasteiger partial charge in [-0.05, 0) is 24.6 Å². The summed E-state index contributed by atoms with van der Waals surface area (Å²) < 4.78 is 13.9. The van der Waals surface area contributed by atoms with Crippen molar-refractivity contribution in [2.45, 2.75) is 19.6 Å².